The van der Waals surface area contributed by atoms with Crippen molar-refractivity contribution in [1.29, 1.82) is 0 Å². The number of carbonyl (C=O) groups is 1. The van der Waals surface area contributed by atoms with Crippen LogP contribution in [-0.4, -0.2) is 52.0 Å². The van der Waals surface area contributed by atoms with Gasteiger partial charge in [0, 0.05) is 31.2 Å². The van der Waals surface area contributed by atoms with Crippen LogP contribution in [0.1, 0.15) is 76.8 Å². The predicted octanol–water partition coefficient (Wildman–Crippen LogP) is 8.77. The zero-order valence-corrected chi connectivity index (χ0v) is 28.7. The number of alkyl carbamates (subject to hydrolysis) is 1. The summed E-state index contributed by atoms with van der Waals surface area (Å²) in [6.07, 6.45) is 4.06. The molecule has 1 atom stereocenters. The van der Waals surface area contributed by atoms with E-state index in [2.05, 4.69) is 17.4 Å². The molecule has 240 valence electrons. The molecule has 2 aromatic carbocycles. The molecule has 3 rings (SSSR count). The van der Waals surface area contributed by atoms with E-state index in [4.69, 9.17) is 39.4 Å². The molecule has 2 aromatic rings. The van der Waals surface area contributed by atoms with Crippen LogP contribution in [0.25, 0.3) is 0 Å². The van der Waals surface area contributed by atoms with Gasteiger partial charge in [-0.2, -0.15) is 0 Å². The van der Waals surface area contributed by atoms with Crippen LogP contribution >= 0.6 is 31.2 Å². The number of hydrogen-bond acceptors (Lipinski definition) is 9. The van der Waals surface area contributed by atoms with Crippen molar-refractivity contribution in [1.82, 2.24) is 5.32 Å². The first-order valence-corrected chi connectivity index (χ1v) is 17.1. The minimum atomic E-state index is -3.79. The molecule has 1 unspecified atom stereocenters. The highest BCUT2D eigenvalue weighted by molar-refractivity contribution is 7.99. The van der Waals surface area contributed by atoms with Gasteiger partial charge in [-0.3, -0.25) is 13.6 Å². The normalized spacial score (nSPS) is 15.2. The van der Waals surface area contributed by atoms with Crippen molar-refractivity contribution in [3.05, 3.63) is 52.5 Å². The molecule has 12 heteroatoms. The lowest BCUT2D eigenvalue weighted by Gasteiger charge is -2.36. The van der Waals surface area contributed by atoms with Crippen LogP contribution in [0.5, 0.6) is 5.75 Å². The van der Waals surface area contributed by atoms with Crippen LogP contribution < -0.4 is 10.1 Å². The van der Waals surface area contributed by atoms with Crippen molar-refractivity contribution in [3.8, 4) is 5.75 Å². The summed E-state index contributed by atoms with van der Waals surface area (Å²) in [6.45, 7) is 7.45. The maximum atomic E-state index is 12.9. The summed E-state index contributed by atoms with van der Waals surface area (Å²) in [6, 6.07) is 12.3. The van der Waals surface area contributed by atoms with Gasteiger partial charge in [-0.05, 0) is 94.2 Å². The molecule has 0 heterocycles. The van der Waals surface area contributed by atoms with Crippen molar-refractivity contribution in [2.24, 2.45) is 0 Å². The number of benzene rings is 2. The molecule has 1 aliphatic carbocycles. The number of rotatable bonds is 17. The van der Waals surface area contributed by atoms with E-state index in [0.717, 1.165) is 27.5 Å². The Morgan fingerprint density at radius 1 is 1.07 bits per heavy atom. The third-order valence-electron chi connectivity index (χ3n) is 6.91. The van der Waals surface area contributed by atoms with E-state index in [1.165, 1.54) is 32.6 Å². The summed E-state index contributed by atoms with van der Waals surface area (Å²) >= 11 is 8.40. The standard InChI is InChI=1S/C31H45ClNO8PS/c1-8-16-31(20-40-42(35,37-6)38-7,33-29(34)41-30(2,3)4)17-15-23-11-13-25(19-26(23)32)43-28-18-24(22-9-10-22)12-14-27(28)39-21-36-5/h11-14,18-19,22H,8-10,15-17,20-21H2,1-7H3,(H,33,34). The molecule has 9 nitrogen and oxygen atoms in total. The van der Waals surface area contributed by atoms with Gasteiger partial charge in [0.2, 0.25) is 0 Å². The number of methoxy groups -OCH3 is 1. The number of ether oxygens (including phenoxy) is 3. The number of carbonyl (C=O) groups excluding carboxylic acids is 1. The third-order valence-corrected chi connectivity index (χ3v) is 9.64. The van der Waals surface area contributed by atoms with E-state index >= 15 is 0 Å². The Kier molecular flexibility index (Phi) is 13.3. The highest BCUT2D eigenvalue weighted by atomic mass is 35.5. The van der Waals surface area contributed by atoms with Gasteiger partial charge in [0.25, 0.3) is 0 Å². The molecule has 1 fully saturated rings. The van der Waals surface area contributed by atoms with Gasteiger partial charge in [-0.15, -0.1) is 0 Å². The minimum absolute atomic E-state index is 0.105. The summed E-state index contributed by atoms with van der Waals surface area (Å²) in [5.74, 6) is 1.38. The minimum Gasteiger partial charge on any atom is -0.466 e. The van der Waals surface area contributed by atoms with Crippen LogP contribution in [0, 0.1) is 0 Å². The zero-order chi connectivity index (χ0) is 31.7. The van der Waals surface area contributed by atoms with E-state index in [1.54, 1.807) is 39.6 Å². The lowest BCUT2D eigenvalue weighted by Crippen LogP contribution is -2.53. The van der Waals surface area contributed by atoms with Crippen LogP contribution in [0.15, 0.2) is 46.2 Å². The largest absolute Gasteiger partial charge is 0.474 e. The van der Waals surface area contributed by atoms with Crippen LogP contribution in [0.2, 0.25) is 5.02 Å². The van der Waals surface area contributed by atoms with Crippen LogP contribution in [0.4, 0.5) is 4.79 Å². The Bertz CT molecular complexity index is 1260. The topological polar surface area (TPSA) is 102 Å². The van der Waals surface area contributed by atoms with Crippen LogP contribution in [0.3, 0.4) is 0 Å². The van der Waals surface area contributed by atoms with Gasteiger partial charge in [0.1, 0.15) is 11.4 Å². The Hall–Kier alpha value is -1.78. The lowest BCUT2D eigenvalue weighted by molar-refractivity contribution is 0.0351. The maximum Gasteiger partial charge on any atom is 0.474 e. The van der Waals surface area contributed by atoms with E-state index < -0.39 is 25.1 Å². The van der Waals surface area contributed by atoms with E-state index in [1.807, 2.05) is 31.2 Å². The third kappa shape index (κ3) is 11.3. The Labute approximate surface area is 265 Å². The van der Waals surface area contributed by atoms with Crippen molar-refractivity contribution in [2.75, 3.05) is 34.7 Å². The summed E-state index contributed by atoms with van der Waals surface area (Å²) < 4.78 is 44.8. The molecular weight excluding hydrogens is 613 g/mol. The fraction of sp³-hybridized carbons (Fsp3) is 0.581. The Balaban J connectivity index is 1.81. The average molecular weight is 658 g/mol. The Morgan fingerprint density at radius 3 is 2.37 bits per heavy atom. The lowest BCUT2D eigenvalue weighted by atomic mass is 9.87. The first-order valence-electron chi connectivity index (χ1n) is 14.4. The number of hydrogen-bond donors (Lipinski definition) is 1. The molecule has 0 radical (unpaired) electrons. The number of halogens is 1. The molecule has 0 spiro atoms. The van der Waals surface area contributed by atoms with Gasteiger partial charge in [-0.1, -0.05) is 48.8 Å². The monoisotopic (exact) mass is 657 g/mol. The second kappa shape index (κ2) is 16.0. The molecule has 1 aliphatic rings. The first-order chi connectivity index (χ1) is 20.3. The SMILES string of the molecule is CCCC(CCc1ccc(Sc2cc(C3CC3)ccc2OCOC)cc1Cl)(COP(=O)(OC)OC)NC(=O)OC(C)(C)C. The smallest absolute Gasteiger partial charge is 0.466 e. The van der Waals surface area contributed by atoms with E-state index in [-0.39, 0.29) is 13.4 Å². The average Bonchev–Trinajstić information content (AvgIpc) is 3.80. The fourth-order valence-corrected chi connectivity index (χ4v) is 6.72. The summed E-state index contributed by atoms with van der Waals surface area (Å²) in [4.78, 5) is 14.9. The summed E-state index contributed by atoms with van der Waals surface area (Å²) in [5.41, 5.74) is 0.605. The van der Waals surface area contributed by atoms with Gasteiger partial charge >= 0.3 is 13.9 Å². The highest BCUT2D eigenvalue weighted by Crippen LogP contribution is 2.49. The number of phosphoric ester groups is 1. The number of amides is 1. The molecule has 0 aromatic heterocycles. The Morgan fingerprint density at radius 2 is 1.79 bits per heavy atom. The number of nitrogens with one attached hydrogen (secondary N) is 1. The van der Waals surface area contributed by atoms with Gasteiger partial charge in [-0.25, -0.2) is 9.36 Å². The first kappa shape index (κ1) is 35.7. The van der Waals surface area contributed by atoms with Crippen molar-refractivity contribution < 1.29 is 37.1 Å². The summed E-state index contributed by atoms with van der Waals surface area (Å²) in [5, 5.41) is 3.60. The van der Waals surface area contributed by atoms with Crippen LogP contribution in [-0.2, 0) is 34.0 Å². The molecule has 0 aliphatic heterocycles. The molecule has 1 amide bonds. The molecule has 0 bridgehead atoms. The highest BCUT2D eigenvalue weighted by Gasteiger charge is 2.37. The van der Waals surface area contributed by atoms with Gasteiger partial charge in [0.15, 0.2) is 6.79 Å². The number of phosphoric acid groups is 1. The quantitative estimate of drug-likeness (QED) is 0.132. The predicted molar refractivity (Wildman–Crippen MR) is 169 cm³/mol. The van der Waals surface area contributed by atoms with Gasteiger partial charge in [0.05, 0.1) is 17.0 Å². The zero-order valence-electron chi connectivity index (χ0n) is 26.2. The van der Waals surface area contributed by atoms with Crippen molar-refractivity contribution in [2.45, 2.75) is 93.1 Å². The molecular formula is C31H45ClNO8PS. The van der Waals surface area contributed by atoms with E-state index in [9.17, 15) is 9.36 Å². The second-order valence-electron chi connectivity index (χ2n) is 11.6. The van der Waals surface area contributed by atoms with E-state index in [0.29, 0.717) is 30.2 Å². The van der Waals surface area contributed by atoms with Crippen molar-refractivity contribution in [3.63, 3.8) is 0 Å². The second-order valence-corrected chi connectivity index (χ2v) is 15.0. The molecule has 1 saturated carbocycles. The summed E-state index contributed by atoms with van der Waals surface area (Å²) in [7, 11) is 0.314. The van der Waals surface area contributed by atoms with Crippen molar-refractivity contribution >= 4 is 37.3 Å². The molecule has 0 saturated heterocycles. The molecule has 1 N–H and O–H groups in total. The maximum absolute atomic E-state index is 12.9. The molecule has 43 heavy (non-hydrogen) atoms. The fourth-order valence-electron chi connectivity index (χ4n) is 4.62. The van der Waals surface area contributed by atoms with Gasteiger partial charge < -0.3 is 19.5 Å². The number of aryl methyl sites for hydroxylation is 1.